The second-order valence-corrected chi connectivity index (χ2v) is 5.65. The summed E-state index contributed by atoms with van der Waals surface area (Å²) in [6.07, 6.45) is 2.56. The Morgan fingerprint density at radius 3 is 2.68 bits per heavy atom. The highest BCUT2D eigenvalue weighted by Gasteiger charge is 2.11. The topological polar surface area (TPSA) is 78.9 Å². The molecule has 0 aliphatic rings. The molecule has 0 spiro atoms. The summed E-state index contributed by atoms with van der Waals surface area (Å²) in [5.41, 5.74) is 1.78. The number of urea groups is 1. The van der Waals surface area contributed by atoms with Gasteiger partial charge in [0.05, 0.1) is 11.4 Å². The van der Waals surface area contributed by atoms with Crippen molar-refractivity contribution in [3.8, 4) is 5.69 Å². The molecule has 1 heterocycles. The predicted octanol–water partition coefficient (Wildman–Crippen LogP) is 2.64. The number of benzene rings is 1. The molecule has 1 aromatic heterocycles. The van der Waals surface area contributed by atoms with E-state index in [0.717, 1.165) is 12.1 Å². The second kappa shape index (κ2) is 6.98. The number of nitrogens with zero attached hydrogens (tertiary/aromatic N) is 1. The maximum absolute atomic E-state index is 12.0. The fourth-order valence-electron chi connectivity index (χ4n) is 2.17. The minimum Gasteiger partial charge on any atom is -0.338 e. The number of aromatic amines is 1. The van der Waals surface area contributed by atoms with Crippen LogP contribution in [0.1, 0.15) is 26.0 Å². The molecular weight excluding hydrogens is 280 g/mol. The largest absolute Gasteiger partial charge is 0.338 e. The van der Waals surface area contributed by atoms with Gasteiger partial charge in [0.15, 0.2) is 0 Å². The van der Waals surface area contributed by atoms with Gasteiger partial charge in [-0.05, 0) is 31.4 Å². The molecule has 6 nitrogen and oxygen atoms in total. The number of nitrogens with one attached hydrogen (secondary N) is 3. The van der Waals surface area contributed by atoms with Crippen LogP contribution in [0.4, 0.5) is 10.5 Å². The highest BCUT2D eigenvalue weighted by Crippen LogP contribution is 2.19. The lowest BCUT2D eigenvalue weighted by Crippen LogP contribution is -2.31. The molecule has 0 atom stereocenters. The Morgan fingerprint density at radius 2 is 2.05 bits per heavy atom. The molecule has 0 saturated carbocycles. The van der Waals surface area contributed by atoms with Gasteiger partial charge in [-0.1, -0.05) is 26.0 Å². The van der Waals surface area contributed by atoms with Gasteiger partial charge in [0.25, 0.3) is 0 Å². The van der Waals surface area contributed by atoms with E-state index < -0.39 is 0 Å². The number of aromatic nitrogens is 2. The van der Waals surface area contributed by atoms with E-state index in [1.54, 1.807) is 18.3 Å². The molecule has 22 heavy (non-hydrogen) atoms. The minimum absolute atomic E-state index is 0.230. The van der Waals surface area contributed by atoms with E-state index in [-0.39, 0.29) is 11.7 Å². The molecule has 6 heteroatoms. The summed E-state index contributed by atoms with van der Waals surface area (Å²) in [6.45, 7) is 6.66. The lowest BCUT2D eigenvalue weighted by molar-refractivity contribution is 0.251. The first-order valence-electron chi connectivity index (χ1n) is 7.40. The zero-order chi connectivity index (χ0) is 16.1. The van der Waals surface area contributed by atoms with Crippen molar-refractivity contribution < 1.29 is 4.79 Å². The van der Waals surface area contributed by atoms with Crippen LogP contribution in [0.5, 0.6) is 0 Å². The molecule has 0 aliphatic heterocycles. The van der Waals surface area contributed by atoms with Crippen LogP contribution < -0.4 is 16.3 Å². The van der Waals surface area contributed by atoms with E-state index >= 15 is 0 Å². The molecule has 2 aromatic rings. The van der Waals surface area contributed by atoms with Crippen LogP contribution in [-0.2, 0) is 0 Å². The first kappa shape index (κ1) is 15.9. The fraction of sp³-hybridized carbons (Fsp3) is 0.375. The maximum Gasteiger partial charge on any atom is 0.330 e. The second-order valence-electron chi connectivity index (χ2n) is 5.65. The van der Waals surface area contributed by atoms with E-state index in [9.17, 15) is 9.59 Å². The van der Waals surface area contributed by atoms with Crippen molar-refractivity contribution >= 4 is 11.7 Å². The monoisotopic (exact) mass is 302 g/mol. The van der Waals surface area contributed by atoms with Gasteiger partial charge in [0.1, 0.15) is 0 Å². The molecule has 0 bridgehead atoms. The van der Waals surface area contributed by atoms with Gasteiger partial charge in [-0.15, -0.1) is 0 Å². The summed E-state index contributed by atoms with van der Waals surface area (Å²) < 4.78 is 1.53. The summed E-state index contributed by atoms with van der Waals surface area (Å²) in [5, 5.41) is 5.62. The highest BCUT2D eigenvalue weighted by atomic mass is 16.2. The van der Waals surface area contributed by atoms with Crippen molar-refractivity contribution in [2.75, 3.05) is 11.9 Å². The van der Waals surface area contributed by atoms with Gasteiger partial charge in [0, 0.05) is 18.4 Å². The van der Waals surface area contributed by atoms with Crippen LogP contribution in [-0.4, -0.2) is 22.1 Å². The molecule has 0 radical (unpaired) electrons. The molecule has 3 N–H and O–H groups in total. The number of carbonyl (C=O) groups is 1. The number of amides is 2. The average molecular weight is 302 g/mol. The van der Waals surface area contributed by atoms with Crippen molar-refractivity contribution in [3.05, 3.63) is 46.6 Å². The van der Waals surface area contributed by atoms with E-state index in [2.05, 4.69) is 29.5 Å². The standard InChI is InChI=1S/C16H22N4O2/c1-11(2)8-9-17-15(21)19-13-6-4-5-7-14(13)20-12(3)10-18-16(20)22/h4-7,10-11H,8-9H2,1-3H3,(H,18,22)(H2,17,19,21). The maximum atomic E-state index is 12.0. The van der Waals surface area contributed by atoms with Gasteiger partial charge in [-0.25, -0.2) is 9.59 Å². The molecular formula is C16H22N4O2. The summed E-state index contributed by atoms with van der Waals surface area (Å²) in [4.78, 5) is 26.5. The number of anilines is 1. The molecule has 2 rings (SSSR count). The zero-order valence-electron chi connectivity index (χ0n) is 13.1. The lowest BCUT2D eigenvalue weighted by atomic mass is 10.1. The van der Waals surface area contributed by atoms with Crippen LogP contribution in [0.3, 0.4) is 0 Å². The molecule has 0 unspecified atom stereocenters. The van der Waals surface area contributed by atoms with Crippen molar-refractivity contribution in [2.45, 2.75) is 27.2 Å². The Morgan fingerprint density at radius 1 is 1.32 bits per heavy atom. The SMILES string of the molecule is Cc1c[nH]c(=O)n1-c1ccccc1NC(=O)NCCC(C)C. The first-order chi connectivity index (χ1) is 10.5. The molecule has 2 amide bonds. The Bertz CT molecular complexity index is 700. The van der Waals surface area contributed by atoms with Gasteiger partial charge in [-0.2, -0.15) is 0 Å². The first-order valence-corrected chi connectivity index (χ1v) is 7.40. The van der Waals surface area contributed by atoms with Crippen LogP contribution in [0.2, 0.25) is 0 Å². The van der Waals surface area contributed by atoms with E-state index in [0.29, 0.717) is 23.8 Å². The van der Waals surface area contributed by atoms with E-state index in [4.69, 9.17) is 0 Å². The molecule has 0 saturated heterocycles. The van der Waals surface area contributed by atoms with E-state index in [1.165, 1.54) is 4.57 Å². The number of hydrogen-bond acceptors (Lipinski definition) is 2. The van der Waals surface area contributed by atoms with Gasteiger partial charge in [0.2, 0.25) is 0 Å². The fourth-order valence-corrected chi connectivity index (χ4v) is 2.17. The number of imidazole rings is 1. The quantitative estimate of drug-likeness (QED) is 0.794. The Labute approximate surface area is 129 Å². The van der Waals surface area contributed by atoms with Crippen molar-refractivity contribution in [2.24, 2.45) is 5.92 Å². The Kier molecular flexibility index (Phi) is 5.04. The van der Waals surface area contributed by atoms with Crippen molar-refractivity contribution in [1.29, 1.82) is 0 Å². The minimum atomic E-state index is -0.269. The van der Waals surface area contributed by atoms with Gasteiger partial charge in [-0.3, -0.25) is 4.57 Å². The van der Waals surface area contributed by atoms with Crippen LogP contribution in [0.15, 0.2) is 35.3 Å². The summed E-state index contributed by atoms with van der Waals surface area (Å²) in [6, 6.07) is 6.95. The number of aryl methyl sites for hydroxylation is 1. The highest BCUT2D eigenvalue weighted by molar-refractivity contribution is 5.91. The van der Waals surface area contributed by atoms with Crippen molar-refractivity contribution in [1.82, 2.24) is 14.9 Å². The third kappa shape index (κ3) is 3.78. The van der Waals surface area contributed by atoms with Gasteiger partial charge >= 0.3 is 11.7 Å². The number of H-pyrrole nitrogens is 1. The third-order valence-corrected chi connectivity index (χ3v) is 3.36. The van der Waals surface area contributed by atoms with Crippen LogP contribution in [0, 0.1) is 12.8 Å². The summed E-state index contributed by atoms with van der Waals surface area (Å²) in [7, 11) is 0. The number of hydrogen-bond donors (Lipinski definition) is 3. The average Bonchev–Trinajstić information content (AvgIpc) is 2.78. The molecule has 0 aliphatic carbocycles. The number of rotatable bonds is 5. The number of carbonyl (C=O) groups excluding carboxylic acids is 1. The Balaban J connectivity index is 2.16. The van der Waals surface area contributed by atoms with Crippen molar-refractivity contribution in [3.63, 3.8) is 0 Å². The normalized spacial score (nSPS) is 10.7. The molecule has 0 fully saturated rings. The summed E-state index contributed by atoms with van der Waals surface area (Å²) in [5.74, 6) is 0.536. The molecule has 1 aromatic carbocycles. The van der Waals surface area contributed by atoms with Gasteiger partial charge < -0.3 is 15.6 Å². The predicted molar refractivity (Wildman–Crippen MR) is 87.6 cm³/mol. The lowest BCUT2D eigenvalue weighted by Gasteiger charge is -2.13. The van der Waals surface area contributed by atoms with Crippen LogP contribution in [0.25, 0.3) is 5.69 Å². The smallest absolute Gasteiger partial charge is 0.330 e. The third-order valence-electron chi connectivity index (χ3n) is 3.36. The van der Waals surface area contributed by atoms with Crippen LogP contribution >= 0.6 is 0 Å². The zero-order valence-corrected chi connectivity index (χ0v) is 13.1. The van der Waals surface area contributed by atoms with E-state index in [1.807, 2.05) is 19.1 Å². The molecule has 118 valence electrons. The summed E-state index contributed by atoms with van der Waals surface area (Å²) >= 11 is 0. The number of para-hydroxylation sites is 2. The Hall–Kier alpha value is -2.50.